The highest BCUT2D eigenvalue weighted by molar-refractivity contribution is 5.20. The van der Waals surface area contributed by atoms with Gasteiger partial charge in [0.05, 0.1) is 31.0 Å². The van der Waals surface area contributed by atoms with Gasteiger partial charge >= 0.3 is 0 Å². The average molecular weight is 785 g/mol. The van der Waals surface area contributed by atoms with Crippen LogP contribution in [0.4, 0.5) is 0 Å². The Balaban J connectivity index is 1.23. The maximum atomic E-state index is 12.2. The summed E-state index contributed by atoms with van der Waals surface area (Å²) in [4.78, 5) is 0. The van der Waals surface area contributed by atoms with Crippen LogP contribution < -0.4 is 0 Å². The van der Waals surface area contributed by atoms with Gasteiger partial charge in [-0.3, -0.25) is 0 Å². The molecule has 13 nitrogen and oxygen atoms in total. The molecule has 2 saturated heterocycles. The fourth-order valence-corrected chi connectivity index (χ4v) is 13.3. The minimum absolute atomic E-state index is 0.00798. The van der Waals surface area contributed by atoms with Gasteiger partial charge in [-0.1, -0.05) is 46.3 Å². The van der Waals surface area contributed by atoms with Gasteiger partial charge in [0.25, 0.3) is 0 Å². The molecule has 4 aliphatic carbocycles. The van der Waals surface area contributed by atoms with Crippen molar-refractivity contribution in [2.24, 2.45) is 45.3 Å². The van der Waals surface area contributed by atoms with Crippen molar-refractivity contribution in [2.75, 3.05) is 13.2 Å². The third-order valence-corrected chi connectivity index (χ3v) is 16.6. The number of fused-ring (bicyclic) bond motifs is 5. The fraction of sp³-hybridized carbons (Fsp3) is 0.952. The first-order valence-corrected chi connectivity index (χ1v) is 20.9. The zero-order valence-electron chi connectivity index (χ0n) is 34.3. The number of rotatable bonds is 10. The van der Waals surface area contributed by atoms with E-state index in [0.717, 1.165) is 38.5 Å². The molecule has 318 valence electrons. The van der Waals surface area contributed by atoms with Crippen molar-refractivity contribution in [1.82, 2.24) is 0 Å². The molecule has 20 atom stereocenters. The van der Waals surface area contributed by atoms with E-state index >= 15 is 0 Å². The highest BCUT2D eigenvalue weighted by atomic mass is 16.8. The number of hydrogen-bond acceptors (Lipinski definition) is 13. The van der Waals surface area contributed by atoms with Gasteiger partial charge in [-0.25, -0.2) is 0 Å². The topological polar surface area (TPSA) is 219 Å². The second kappa shape index (κ2) is 15.7. The van der Waals surface area contributed by atoms with Gasteiger partial charge in [0, 0.05) is 0 Å². The molecule has 0 aromatic rings. The van der Waals surface area contributed by atoms with Crippen LogP contribution in [0, 0.1) is 45.3 Å². The smallest absolute Gasteiger partial charge is 0.187 e. The molecule has 55 heavy (non-hydrogen) atoms. The normalized spacial score (nSPS) is 52.0. The van der Waals surface area contributed by atoms with Crippen LogP contribution in [-0.2, 0) is 18.9 Å². The molecule has 0 spiro atoms. The summed E-state index contributed by atoms with van der Waals surface area (Å²) in [6.07, 6.45) is -6.48. The van der Waals surface area contributed by atoms with Crippen LogP contribution in [-0.4, -0.2) is 138 Å². The zero-order valence-corrected chi connectivity index (χ0v) is 34.3. The Kier molecular flexibility index (Phi) is 12.5. The van der Waals surface area contributed by atoms with Gasteiger partial charge in [-0.15, -0.1) is 0 Å². The van der Waals surface area contributed by atoms with Crippen LogP contribution in [0.15, 0.2) is 11.6 Å². The first-order chi connectivity index (χ1) is 25.6. The first-order valence-electron chi connectivity index (χ1n) is 20.9. The van der Waals surface area contributed by atoms with E-state index in [9.17, 15) is 46.0 Å². The Morgan fingerprint density at radius 2 is 1.33 bits per heavy atom. The second-order valence-corrected chi connectivity index (χ2v) is 20.1. The lowest BCUT2D eigenvalue weighted by Crippen LogP contribution is -2.68. The number of hydrogen-bond donors (Lipinski definition) is 9. The third kappa shape index (κ3) is 7.20. The number of ether oxygens (including phenoxy) is 4. The van der Waals surface area contributed by atoms with Crippen molar-refractivity contribution in [1.29, 1.82) is 0 Å². The van der Waals surface area contributed by atoms with Crippen molar-refractivity contribution >= 4 is 0 Å². The van der Waals surface area contributed by atoms with Crippen molar-refractivity contribution in [3.05, 3.63) is 11.6 Å². The van der Waals surface area contributed by atoms with Crippen molar-refractivity contribution in [3.63, 3.8) is 0 Å². The van der Waals surface area contributed by atoms with Crippen LogP contribution in [0.1, 0.15) is 113 Å². The van der Waals surface area contributed by atoms with Gasteiger partial charge in [0.2, 0.25) is 0 Å². The highest BCUT2D eigenvalue weighted by Crippen LogP contribution is 2.76. The quantitative estimate of drug-likeness (QED) is 0.115. The van der Waals surface area contributed by atoms with Gasteiger partial charge < -0.3 is 64.9 Å². The lowest BCUT2D eigenvalue weighted by Gasteiger charge is -2.70. The van der Waals surface area contributed by atoms with Crippen LogP contribution in [0.5, 0.6) is 0 Å². The predicted molar refractivity (Wildman–Crippen MR) is 201 cm³/mol. The molecular formula is C42H72O13. The summed E-state index contributed by atoms with van der Waals surface area (Å²) in [5.74, 6) is 0.445. The minimum Gasteiger partial charge on any atom is -0.394 e. The fourth-order valence-electron chi connectivity index (χ4n) is 13.3. The van der Waals surface area contributed by atoms with E-state index in [2.05, 4.69) is 54.5 Å². The predicted octanol–water partition coefficient (Wildman–Crippen LogP) is 2.15. The number of aliphatic hydroxyl groups is 9. The Hall–Kier alpha value is -0.780. The van der Waals surface area contributed by atoms with Gasteiger partial charge in [0.1, 0.15) is 48.8 Å². The Morgan fingerprint density at radius 3 is 1.95 bits per heavy atom. The standard InChI is InChI=1S/C42H72O13/c1-21(2)10-9-14-42(8,51)22-11-16-41(7)29(22)23(45)18-27-39(5)15-13-28(38(3,4)26(39)12-17-40(27,41)6)54-37-35(33(49)31(47)25(20-44)53-37)55-36-34(50)32(48)30(46)24(19-43)52-36/h10,22-37,43-51H,9,11-20H2,1-8H3/t22?,23?,24?,25?,26?,27?,28?,29?,30?,31?,32?,33?,34?,35?,36?,37?,39?,40?,41-,42+/m1/s1. The summed E-state index contributed by atoms with van der Waals surface area (Å²) in [5, 5.41) is 97.4. The summed E-state index contributed by atoms with van der Waals surface area (Å²) in [6, 6.07) is 0. The molecule has 6 fully saturated rings. The van der Waals surface area contributed by atoms with Gasteiger partial charge in [-0.2, -0.15) is 0 Å². The molecular weight excluding hydrogens is 712 g/mol. The maximum absolute atomic E-state index is 12.2. The average Bonchev–Trinajstić information content (AvgIpc) is 3.50. The zero-order chi connectivity index (χ0) is 40.6. The minimum atomic E-state index is -1.75. The van der Waals surface area contributed by atoms with E-state index in [0.29, 0.717) is 19.3 Å². The molecule has 9 N–H and O–H groups in total. The molecule has 4 saturated carbocycles. The Bertz CT molecular complexity index is 1370. The summed E-state index contributed by atoms with van der Waals surface area (Å²) >= 11 is 0. The summed E-state index contributed by atoms with van der Waals surface area (Å²) in [7, 11) is 0. The van der Waals surface area contributed by atoms with E-state index < -0.39 is 97.8 Å². The molecule has 2 aliphatic heterocycles. The van der Waals surface area contributed by atoms with E-state index in [1.807, 2.05) is 6.92 Å². The van der Waals surface area contributed by atoms with E-state index in [4.69, 9.17) is 18.9 Å². The molecule has 0 bridgehead atoms. The summed E-state index contributed by atoms with van der Waals surface area (Å²) < 4.78 is 24.4. The van der Waals surface area contributed by atoms with E-state index in [1.165, 1.54) is 5.57 Å². The first kappa shape index (κ1) is 43.8. The third-order valence-electron chi connectivity index (χ3n) is 16.6. The lowest BCUT2D eigenvalue weighted by molar-refractivity contribution is -0.378. The van der Waals surface area contributed by atoms with Gasteiger partial charge in [0.15, 0.2) is 12.6 Å². The van der Waals surface area contributed by atoms with Gasteiger partial charge in [-0.05, 0) is 124 Å². The Labute approximate surface area is 327 Å². The monoisotopic (exact) mass is 784 g/mol. The van der Waals surface area contributed by atoms with E-state index in [1.54, 1.807) is 0 Å². The van der Waals surface area contributed by atoms with Crippen LogP contribution in [0.2, 0.25) is 0 Å². The molecule has 0 aromatic carbocycles. The van der Waals surface area contributed by atoms with Crippen LogP contribution in [0.25, 0.3) is 0 Å². The summed E-state index contributed by atoms with van der Waals surface area (Å²) in [5.41, 5.74) is -0.405. The lowest BCUT2D eigenvalue weighted by atomic mass is 9.35. The second-order valence-electron chi connectivity index (χ2n) is 20.1. The van der Waals surface area contributed by atoms with E-state index in [-0.39, 0.29) is 39.9 Å². The molecule has 13 heteroatoms. The largest absolute Gasteiger partial charge is 0.394 e. The number of allylic oxidation sites excluding steroid dienone is 2. The number of aliphatic hydroxyl groups excluding tert-OH is 8. The van der Waals surface area contributed by atoms with Crippen molar-refractivity contribution < 1.29 is 64.9 Å². The molecule has 0 aromatic heterocycles. The Morgan fingerprint density at radius 1 is 0.727 bits per heavy atom. The summed E-state index contributed by atoms with van der Waals surface area (Å²) in [6.45, 7) is 16.5. The molecule has 6 rings (SSSR count). The molecule has 0 radical (unpaired) electrons. The molecule has 2 heterocycles. The van der Waals surface area contributed by atoms with Crippen LogP contribution >= 0.6 is 0 Å². The maximum Gasteiger partial charge on any atom is 0.187 e. The van der Waals surface area contributed by atoms with Crippen LogP contribution in [0.3, 0.4) is 0 Å². The SMILES string of the molecule is CC(C)=CCC[C@](C)(O)C1CC[C@]2(C)C1C(O)CC1C3(C)CCC(OC4OC(CO)C(O)C(O)C4OC4OC(CO)C(O)C(O)C4O)C(C)(C)C3CCC12C. The van der Waals surface area contributed by atoms with Crippen molar-refractivity contribution in [3.8, 4) is 0 Å². The van der Waals surface area contributed by atoms with Crippen molar-refractivity contribution in [2.45, 2.75) is 192 Å². The highest BCUT2D eigenvalue weighted by Gasteiger charge is 2.71. The molecule has 0 amide bonds. The molecule has 18 unspecified atom stereocenters. The molecule has 6 aliphatic rings.